The molecule has 4 aromatic rings. The summed E-state index contributed by atoms with van der Waals surface area (Å²) in [6.45, 7) is 0. The number of phenolic OH excluding ortho intramolecular Hbond substituents is 1. The Bertz CT molecular complexity index is 1990. The topological polar surface area (TPSA) is 233 Å². The third kappa shape index (κ3) is 9.43. The van der Waals surface area contributed by atoms with Crippen LogP contribution in [0.2, 0.25) is 0 Å². The van der Waals surface area contributed by atoms with Crippen molar-refractivity contribution in [2.75, 3.05) is 0 Å². The van der Waals surface area contributed by atoms with Gasteiger partial charge in [0.1, 0.15) is 15.5 Å². The summed E-state index contributed by atoms with van der Waals surface area (Å²) in [5.41, 5.74) is 0.295. The van der Waals surface area contributed by atoms with Crippen molar-refractivity contribution in [3.63, 3.8) is 0 Å². The van der Waals surface area contributed by atoms with E-state index in [4.69, 9.17) is 0 Å². The summed E-state index contributed by atoms with van der Waals surface area (Å²) >= 11 is 0. The van der Waals surface area contributed by atoms with E-state index in [9.17, 15) is 44.0 Å². The molecule has 4 N–H and O–H groups in total. The predicted octanol–water partition coefficient (Wildman–Crippen LogP) is 3.97. The van der Waals surface area contributed by atoms with Gasteiger partial charge in [-0.05, 0) is 60.0 Å². The maximum absolute atomic E-state index is 12.1. The Balaban J connectivity index is 0.00000294. The molecule has 4 aromatic carbocycles. The van der Waals surface area contributed by atoms with E-state index in [1.54, 1.807) is 24.3 Å². The molecular weight excluding hydrogens is 645 g/mol. The van der Waals surface area contributed by atoms with Crippen molar-refractivity contribution in [3.05, 3.63) is 72.8 Å². The smallest absolute Gasteiger partial charge is 0.298 e. The minimum atomic E-state index is -5.24. The zero-order valence-electron chi connectivity index (χ0n) is 22.2. The van der Waals surface area contributed by atoms with Gasteiger partial charge in [-0.1, -0.05) is 18.2 Å². The number of benzene rings is 4. The van der Waals surface area contributed by atoms with E-state index in [0.717, 1.165) is 0 Å². The van der Waals surface area contributed by atoms with Crippen LogP contribution in [0.1, 0.15) is 0 Å². The fourth-order valence-corrected chi connectivity index (χ4v) is 5.36. The Morgan fingerprint density at radius 1 is 0.524 bits per heavy atom. The van der Waals surface area contributed by atoms with Gasteiger partial charge in [-0.2, -0.15) is 40.6 Å². The molecule has 0 heterocycles. The zero-order chi connectivity index (χ0) is 28.6. The second-order valence-electron chi connectivity index (χ2n) is 7.77. The van der Waals surface area contributed by atoms with E-state index >= 15 is 0 Å². The van der Waals surface area contributed by atoms with Gasteiger partial charge in [0.2, 0.25) is 0 Å². The zero-order valence-corrected chi connectivity index (χ0v) is 30.6. The monoisotopic (exact) mass is 661 g/mol. The van der Waals surface area contributed by atoms with Crippen molar-refractivity contribution < 1.29 is 44.0 Å². The average molecular weight is 662 g/mol. The van der Waals surface area contributed by atoms with Crippen molar-refractivity contribution in [2.24, 2.45) is 20.5 Å². The Hall–Kier alpha value is -1.13. The Morgan fingerprint density at radius 3 is 1.43 bits per heavy atom. The maximum atomic E-state index is 12.1. The Morgan fingerprint density at radius 2 is 0.976 bits per heavy atom. The summed E-state index contributed by atoms with van der Waals surface area (Å²) < 4.78 is 99.9. The molecule has 4 rings (SSSR count). The van der Waals surface area contributed by atoms with Crippen LogP contribution in [0.15, 0.2) is 108 Å². The normalized spacial score (nSPS) is 12.1. The summed E-state index contributed by atoms with van der Waals surface area (Å²) in [6, 6.07) is 16.2. The summed E-state index contributed by atoms with van der Waals surface area (Å²) in [7, 11) is -15.5. The van der Waals surface area contributed by atoms with E-state index < -0.39 is 67.3 Å². The number of hydrogen-bond donors (Lipinski definition) is 4. The van der Waals surface area contributed by atoms with Crippen molar-refractivity contribution >= 4 is 153 Å². The van der Waals surface area contributed by atoms with Crippen LogP contribution < -0.4 is 0 Å². The van der Waals surface area contributed by atoms with Gasteiger partial charge in [0.15, 0.2) is 5.75 Å². The largest absolute Gasteiger partial charge is 0.504 e. The molecule has 0 aliphatic carbocycles. The number of aromatic hydroxyl groups is 1. The predicted molar refractivity (Wildman–Crippen MR) is 154 cm³/mol. The molecule has 0 saturated heterocycles. The molecule has 42 heavy (non-hydrogen) atoms. The van der Waals surface area contributed by atoms with Crippen LogP contribution in [0.5, 0.6) is 5.75 Å². The van der Waals surface area contributed by atoms with Crippen molar-refractivity contribution in [1.29, 1.82) is 0 Å². The van der Waals surface area contributed by atoms with Crippen LogP contribution in [0.4, 0.5) is 22.7 Å². The number of hydrogen-bond acceptors (Lipinski definition) is 11. The average Bonchev–Trinajstić information content (AvgIpc) is 2.85. The molecule has 0 spiro atoms. The SMILES string of the molecule is O=S(=O)(O)c1cc(S(=O)(=O)O)c2c(N=Nc3ccc(N=Nc4ccccc4)cc3)c(O)c(S(=O)(=O)O)cc2c1.[Na].[Na].[Na]. The first-order valence-electron chi connectivity index (χ1n) is 10.4. The third-order valence-corrected chi connectivity index (χ3v) is 7.67. The van der Waals surface area contributed by atoms with Gasteiger partial charge < -0.3 is 5.11 Å². The Labute approximate surface area is 306 Å². The Kier molecular flexibility index (Phi) is 14.1. The molecule has 0 amide bonds. The van der Waals surface area contributed by atoms with E-state index in [2.05, 4.69) is 20.5 Å². The van der Waals surface area contributed by atoms with E-state index in [-0.39, 0.29) is 94.4 Å². The van der Waals surface area contributed by atoms with Crippen LogP contribution in [-0.4, -0.2) is 133 Å². The minimum absolute atomic E-state index is 0. The first-order chi connectivity index (χ1) is 18.1. The van der Waals surface area contributed by atoms with E-state index in [0.29, 0.717) is 29.6 Å². The minimum Gasteiger partial charge on any atom is -0.504 e. The molecular formula is C22H16N4Na3O10S3. The molecule has 0 unspecified atom stereocenters. The van der Waals surface area contributed by atoms with Gasteiger partial charge in [-0.25, -0.2) is 0 Å². The number of azo groups is 2. The standard InChI is InChI=1S/C22H16N4O10S3.3Na/c27-22-19(39(34,35)36)11-13-10-17(37(28,29)30)12-18(38(31,32)33)20(13)21(22)26-25-16-8-6-15(7-9-16)24-23-14-4-2-1-3-5-14;;;/h1-12,27H,(H,28,29,30)(H,31,32,33)(H,34,35,36);;;. The molecule has 0 aliphatic rings. The molecule has 0 aliphatic heterocycles. The number of rotatable bonds is 7. The summed E-state index contributed by atoms with van der Waals surface area (Å²) in [5, 5.41) is 25.0. The second kappa shape index (κ2) is 15.2. The van der Waals surface area contributed by atoms with Crippen molar-refractivity contribution in [2.45, 2.75) is 14.7 Å². The summed E-state index contributed by atoms with van der Waals surface area (Å²) in [6.07, 6.45) is 0. The molecule has 3 radical (unpaired) electrons. The fraction of sp³-hybridized carbons (Fsp3) is 0. The van der Waals surface area contributed by atoms with Gasteiger partial charge in [0.05, 0.1) is 22.0 Å². The van der Waals surface area contributed by atoms with Gasteiger partial charge >= 0.3 is 0 Å². The van der Waals surface area contributed by atoms with Crippen LogP contribution in [0.25, 0.3) is 10.8 Å². The van der Waals surface area contributed by atoms with Crippen LogP contribution >= 0.6 is 0 Å². The van der Waals surface area contributed by atoms with Crippen LogP contribution in [0, 0.1) is 0 Å². The first kappa shape index (κ1) is 38.9. The van der Waals surface area contributed by atoms with Crippen LogP contribution in [0.3, 0.4) is 0 Å². The van der Waals surface area contributed by atoms with Gasteiger partial charge in [0, 0.05) is 94.1 Å². The third-order valence-electron chi connectivity index (χ3n) is 5.09. The van der Waals surface area contributed by atoms with E-state index in [1.165, 1.54) is 24.3 Å². The van der Waals surface area contributed by atoms with Gasteiger partial charge in [-0.3, -0.25) is 13.7 Å². The van der Waals surface area contributed by atoms with E-state index in [1.807, 2.05) is 6.07 Å². The van der Waals surface area contributed by atoms with Crippen LogP contribution in [-0.2, 0) is 30.4 Å². The molecule has 0 aromatic heterocycles. The summed E-state index contributed by atoms with van der Waals surface area (Å²) in [5.74, 6) is -1.24. The number of phenols is 1. The summed E-state index contributed by atoms with van der Waals surface area (Å²) in [4.78, 5) is -3.34. The van der Waals surface area contributed by atoms with Crippen molar-refractivity contribution in [1.82, 2.24) is 0 Å². The fourth-order valence-electron chi connectivity index (χ4n) is 3.37. The van der Waals surface area contributed by atoms with Crippen molar-refractivity contribution in [3.8, 4) is 5.75 Å². The number of fused-ring (bicyclic) bond motifs is 1. The quantitative estimate of drug-likeness (QED) is 0.126. The molecule has 0 bridgehead atoms. The molecule has 0 saturated carbocycles. The molecule has 0 fully saturated rings. The molecule has 205 valence electrons. The van der Waals surface area contributed by atoms with Gasteiger partial charge in [-0.15, -0.1) is 5.11 Å². The van der Waals surface area contributed by atoms with Gasteiger partial charge in [0.25, 0.3) is 30.4 Å². The second-order valence-corrected chi connectivity index (χ2v) is 12.0. The molecule has 14 nitrogen and oxygen atoms in total. The molecule has 0 atom stereocenters. The maximum Gasteiger partial charge on any atom is 0.298 e. The molecule has 20 heteroatoms. The first-order valence-corrected chi connectivity index (χ1v) is 14.7. The number of nitrogens with zero attached hydrogens (tertiary/aromatic N) is 4.